The van der Waals surface area contributed by atoms with Crippen molar-refractivity contribution in [1.29, 1.82) is 0 Å². The molecule has 2 unspecified atom stereocenters. The zero-order valence-electron chi connectivity index (χ0n) is 14.6. The monoisotopic (exact) mass is 353 g/mol. The van der Waals surface area contributed by atoms with Gasteiger partial charge in [-0.25, -0.2) is 4.79 Å². The lowest BCUT2D eigenvalue weighted by Crippen LogP contribution is -2.40. The summed E-state index contributed by atoms with van der Waals surface area (Å²) in [5.41, 5.74) is 1.48. The van der Waals surface area contributed by atoms with Gasteiger partial charge in [-0.2, -0.15) is 0 Å². The average Bonchev–Trinajstić information content (AvgIpc) is 3.39. The Hall–Kier alpha value is -2.34. The molecule has 1 aromatic carbocycles. The van der Waals surface area contributed by atoms with E-state index in [0.717, 1.165) is 43.7 Å². The minimum absolute atomic E-state index is 0.131. The topological polar surface area (TPSA) is 74.6 Å². The smallest absolute Gasteiger partial charge is 0.341 e. The number of aromatic carboxylic acids is 1. The predicted molar refractivity (Wildman–Crippen MR) is 100 cm³/mol. The third kappa shape index (κ3) is 2.51. The number of hydrogen-bond acceptors (Lipinski definition) is 4. The minimum atomic E-state index is -1.15. The number of carboxylic acids is 1. The summed E-state index contributed by atoms with van der Waals surface area (Å²) in [5, 5.41) is 13.5. The maximum absolute atomic E-state index is 12.6. The van der Waals surface area contributed by atoms with E-state index in [1.54, 1.807) is 6.20 Å². The number of hydrogen-bond donors (Lipinski definition) is 2. The zero-order valence-corrected chi connectivity index (χ0v) is 14.6. The molecule has 6 nitrogen and oxygen atoms in total. The lowest BCUT2D eigenvalue weighted by Gasteiger charge is -2.24. The molecule has 2 atom stereocenters. The number of piperidine rings is 1. The molecular formula is C20H23N3O3. The van der Waals surface area contributed by atoms with Crippen LogP contribution in [0.2, 0.25) is 0 Å². The van der Waals surface area contributed by atoms with Crippen LogP contribution in [0, 0.1) is 5.92 Å². The maximum Gasteiger partial charge on any atom is 0.341 e. The summed E-state index contributed by atoms with van der Waals surface area (Å²) >= 11 is 0. The Morgan fingerprint density at radius 1 is 1.19 bits per heavy atom. The van der Waals surface area contributed by atoms with Gasteiger partial charge in [0.15, 0.2) is 0 Å². The van der Waals surface area contributed by atoms with Crippen molar-refractivity contribution >= 4 is 22.6 Å². The molecule has 2 N–H and O–H groups in total. The van der Waals surface area contributed by atoms with Crippen LogP contribution < -0.4 is 15.6 Å². The van der Waals surface area contributed by atoms with Gasteiger partial charge in [-0.3, -0.25) is 4.79 Å². The fourth-order valence-electron chi connectivity index (χ4n) is 4.60. The molecule has 26 heavy (non-hydrogen) atoms. The second-order valence-electron chi connectivity index (χ2n) is 7.88. The minimum Gasteiger partial charge on any atom is -0.477 e. The van der Waals surface area contributed by atoms with Crippen molar-refractivity contribution in [2.45, 2.75) is 37.8 Å². The van der Waals surface area contributed by atoms with E-state index in [9.17, 15) is 14.7 Å². The fraction of sp³-hybridized carbons (Fsp3) is 0.500. The first kappa shape index (κ1) is 15.9. The van der Waals surface area contributed by atoms with Gasteiger partial charge in [-0.05, 0) is 56.3 Å². The molecule has 3 heterocycles. The van der Waals surface area contributed by atoms with Gasteiger partial charge in [0.05, 0.1) is 5.52 Å². The molecule has 1 aliphatic carbocycles. The summed E-state index contributed by atoms with van der Waals surface area (Å²) in [6.07, 6.45) is 6.14. The highest BCUT2D eigenvalue weighted by atomic mass is 16.4. The third-order valence-electron chi connectivity index (χ3n) is 6.15. The Kier molecular flexibility index (Phi) is 3.57. The number of pyridine rings is 1. The second kappa shape index (κ2) is 5.84. The molecular weight excluding hydrogens is 330 g/mol. The SMILES string of the molecule is O=C(O)c1cn(C2CC2)c2cc(N3CC4CCCNC4C3)ccc2c1=O. The number of fused-ring (bicyclic) bond motifs is 2. The number of benzene rings is 1. The van der Waals surface area contributed by atoms with Crippen LogP contribution in [0.5, 0.6) is 0 Å². The molecule has 2 aromatic rings. The van der Waals surface area contributed by atoms with E-state index in [4.69, 9.17) is 0 Å². The van der Waals surface area contributed by atoms with Crippen LogP contribution in [-0.2, 0) is 0 Å². The van der Waals surface area contributed by atoms with Crippen molar-refractivity contribution in [2.75, 3.05) is 24.5 Å². The number of nitrogens with one attached hydrogen (secondary N) is 1. The molecule has 1 saturated carbocycles. The standard InChI is InChI=1S/C20H23N3O3/c24-19-15-6-5-14(22-9-12-2-1-7-21-17(12)11-22)8-18(15)23(13-3-4-13)10-16(19)20(25)26/h5-6,8,10,12-13,17,21H,1-4,7,9,11H2,(H,25,26). The van der Waals surface area contributed by atoms with E-state index >= 15 is 0 Å². The number of carboxylic acid groups (broad SMARTS) is 1. The van der Waals surface area contributed by atoms with Crippen LogP contribution in [0.1, 0.15) is 42.1 Å². The van der Waals surface area contributed by atoms with Gasteiger partial charge in [-0.15, -0.1) is 0 Å². The van der Waals surface area contributed by atoms with Gasteiger partial charge in [0.2, 0.25) is 5.43 Å². The summed E-state index contributed by atoms with van der Waals surface area (Å²) < 4.78 is 2.01. The molecule has 6 heteroatoms. The van der Waals surface area contributed by atoms with E-state index in [1.165, 1.54) is 12.8 Å². The van der Waals surface area contributed by atoms with Crippen LogP contribution in [-0.4, -0.2) is 41.3 Å². The van der Waals surface area contributed by atoms with Crippen molar-refractivity contribution in [2.24, 2.45) is 5.92 Å². The number of carbonyl (C=O) groups is 1. The van der Waals surface area contributed by atoms with Gasteiger partial charge in [0.25, 0.3) is 0 Å². The Morgan fingerprint density at radius 3 is 2.77 bits per heavy atom. The lowest BCUT2D eigenvalue weighted by molar-refractivity contribution is 0.0695. The number of nitrogens with zero attached hydrogens (tertiary/aromatic N) is 2. The summed E-state index contributed by atoms with van der Waals surface area (Å²) in [4.78, 5) is 26.4. The van der Waals surface area contributed by atoms with Crippen LogP contribution >= 0.6 is 0 Å². The molecule has 136 valence electrons. The first-order chi connectivity index (χ1) is 12.6. The largest absolute Gasteiger partial charge is 0.477 e. The van der Waals surface area contributed by atoms with E-state index in [0.29, 0.717) is 23.4 Å². The first-order valence-electron chi connectivity index (χ1n) is 9.52. The van der Waals surface area contributed by atoms with Gasteiger partial charge >= 0.3 is 5.97 Å². The molecule has 0 radical (unpaired) electrons. The molecule has 2 saturated heterocycles. The van der Waals surface area contributed by atoms with Crippen LogP contribution in [0.25, 0.3) is 10.9 Å². The molecule has 5 rings (SSSR count). The molecule has 0 spiro atoms. The van der Waals surface area contributed by atoms with Gasteiger partial charge < -0.3 is 19.9 Å². The fourth-order valence-corrected chi connectivity index (χ4v) is 4.60. The first-order valence-corrected chi connectivity index (χ1v) is 9.52. The molecule has 3 fully saturated rings. The second-order valence-corrected chi connectivity index (χ2v) is 7.88. The quantitative estimate of drug-likeness (QED) is 0.885. The molecule has 0 bridgehead atoms. The van der Waals surface area contributed by atoms with Crippen molar-refractivity contribution in [3.63, 3.8) is 0 Å². The normalized spacial score (nSPS) is 25.5. The Balaban J connectivity index is 1.59. The van der Waals surface area contributed by atoms with E-state index in [2.05, 4.69) is 16.3 Å². The lowest BCUT2D eigenvalue weighted by atomic mass is 9.94. The Morgan fingerprint density at radius 2 is 2.04 bits per heavy atom. The van der Waals surface area contributed by atoms with E-state index in [1.807, 2.05) is 16.7 Å². The van der Waals surface area contributed by atoms with Crippen molar-refractivity contribution in [3.8, 4) is 0 Å². The van der Waals surface area contributed by atoms with Crippen molar-refractivity contribution in [1.82, 2.24) is 9.88 Å². The van der Waals surface area contributed by atoms with Gasteiger partial charge in [-0.1, -0.05) is 0 Å². The summed E-state index contributed by atoms with van der Waals surface area (Å²) in [6.45, 7) is 3.15. The Labute approximate surface area is 151 Å². The molecule has 2 aliphatic heterocycles. The van der Waals surface area contributed by atoms with Crippen LogP contribution in [0.15, 0.2) is 29.2 Å². The van der Waals surface area contributed by atoms with E-state index < -0.39 is 5.97 Å². The maximum atomic E-state index is 12.6. The number of rotatable bonds is 3. The molecule has 1 aromatic heterocycles. The molecule has 0 amide bonds. The Bertz CT molecular complexity index is 933. The molecule has 3 aliphatic rings. The highest BCUT2D eigenvalue weighted by Crippen LogP contribution is 2.38. The van der Waals surface area contributed by atoms with Crippen LogP contribution in [0.4, 0.5) is 5.69 Å². The number of aromatic nitrogens is 1. The van der Waals surface area contributed by atoms with Crippen molar-refractivity contribution < 1.29 is 9.90 Å². The predicted octanol–water partition coefficient (Wildman–Crippen LogP) is 2.22. The zero-order chi connectivity index (χ0) is 17.8. The number of anilines is 1. The summed E-state index contributed by atoms with van der Waals surface area (Å²) in [7, 11) is 0. The third-order valence-corrected chi connectivity index (χ3v) is 6.15. The summed E-state index contributed by atoms with van der Waals surface area (Å²) in [6, 6.07) is 6.74. The highest BCUT2D eigenvalue weighted by molar-refractivity contribution is 5.93. The summed E-state index contributed by atoms with van der Waals surface area (Å²) in [5.74, 6) is -0.454. The highest BCUT2D eigenvalue weighted by Gasteiger charge is 2.34. The van der Waals surface area contributed by atoms with Gasteiger partial charge in [0.1, 0.15) is 5.56 Å². The van der Waals surface area contributed by atoms with E-state index in [-0.39, 0.29) is 11.0 Å². The van der Waals surface area contributed by atoms with Crippen molar-refractivity contribution in [3.05, 3.63) is 40.2 Å². The van der Waals surface area contributed by atoms with Crippen LogP contribution in [0.3, 0.4) is 0 Å². The average molecular weight is 353 g/mol. The van der Waals surface area contributed by atoms with Gasteiger partial charge in [0, 0.05) is 42.4 Å².